The molecule has 0 atom stereocenters. The number of nitrogens with zero attached hydrogens (tertiary/aromatic N) is 4. The van der Waals surface area contributed by atoms with Gasteiger partial charge >= 0.3 is 0 Å². The molecule has 0 fully saturated rings. The summed E-state index contributed by atoms with van der Waals surface area (Å²) in [5.74, 6) is 1.73. The van der Waals surface area contributed by atoms with Gasteiger partial charge in [0.1, 0.15) is 5.82 Å². The van der Waals surface area contributed by atoms with E-state index in [0.29, 0.717) is 19.4 Å². The van der Waals surface area contributed by atoms with Gasteiger partial charge in [-0.15, -0.1) is 10.2 Å². The minimum Gasteiger partial charge on any atom is -0.306 e. The highest BCUT2D eigenvalue weighted by molar-refractivity contribution is 6.22. The van der Waals surface area contributed by atoms with Gasteiger partial charge in [-0.05, 0) is 35.2 Å². The average Bonchev–Trinajstić information content (AvgIpc) is 3.43. The third-order valence-electron chi connectivity index (χ3n) is 5.64. The summed E-state index contributed by atoms with van der Waals surface area (Å²) in [5, 5.41) is 8.89. The van der Waals surface area contributed by atoms with Crippen LogP contribution in [0.2, 0.25) is 0 Å². The number of Topliss-reactive ketones (excluding diaryl/α,β-unsaturated/α-hetero) is 1. The molecule has 5 nitrogen and oxygen atoms in total. The summed E-state index contributed by atoms with van der Waals surface area (Å²) < 4.78 is 2.09. The summed E-state index contributed by atoms with van der Waals surface area (Å²) in [4.78, 5) is 17.2. The molecule has 0 amide bonds. The van der Waals surface area contributed by atoms with Gasteiger partial charge in [0, 0.05) is 36.4 Å². The first-order valence-electron chi connectivity index (χ1n) is 10.5. The first kappa shape index (κ1) is 19.1. The standard InChI is InChI=1S/C26H22N4O/c31-24(23-13-12-20-9-4-5-11-22(20)23)14-15-25-28-29-26(21-10-6-16-27-17-21)30(25)18-19-7-2-1-3-8-19/h1-11,13,16-17H,12,14-15,18H2. The Hall–Kier alpha value is -3.86. The SMILES string of the molecule is O=C(CCc1nnc(-c2cccnc2)n1Cc1ccccc1)C1=CCc2ccccc21. The fourth-order valence-electron chi connectivity index (χ4n) is 4.07. The van der Waals surface area contributed by atoms with Gasteiger partial charge in [-0.25, -0.2) is 0 Å². The van der Waals surface area contributed by atoms with E-state index >= 15 is 0 Å². The molecule has 0 saturated heterocycles. The van der Waals surface area contributed by atoms with Crippen LogP contribution >= 0.6 is 0 Å². The maximum atomic E-state index is 13.0. The molecular formula is C26H22N4O. The summed E-state index contributed by atoms with van der Waals surface area (Å²) in [7, 11) is 0. The molecule has 0 radical (unpaired) electrons. The van der Waals surface area contributed by atoms with E-state index in [1.165, 1.54) is 5.56 Å². The summed E-state index contributed by atoms with van der Waals surface area (Å²) in [6.07, 6.45) is 7.35. The number of hydrogen-bond donors (Lipinski definition) is 0. The second-order valence-electron chi connectivity index (χ2n) is 7.66. The molecule has 5 heteroatoms. The first-order chi connectivity index (χ1) is 15.3. The number of allylic oxidation sites excluding steroid dienone is 2. The Kier molecular flexibility index (Phi) is 5.23. The normalized spacial score (nSPS) is 12.5. The number of rotatable bonds is 7. The molecule has 31 heavy (non-hydrogen) atoms. The number of aryl methyl sites for hydroxylation is 1. The number of pyridine rings is 1. The second-order valence-corrected chi connectivity index (χ2v) is 7.66. The number of carbonyl (C=O) groups is 1. The number of ketones is 1. The quantitative estimate of drug-likeness (QED) is 0.452. The van der Waals surface area contributed by atoms with Gasteiger partial charge in [0.05, 0.1) is 6.54 Å². The summed E-state index contributed by atoms with van der Waals surface area (Å²) in [5.41, 5.74) is 5.19. The van der Waals surface area contributed by atoms with Crippen molar-refractivity contribution < 1.29 is 4.79 Å². The van der Waals surface area contributed by atoms with E-state index < -0.39 is 0 Å². The Morgan fingerprint density at radius 2 is 1.77 bits per heavy atom. The van der Waals surface area contributed by atoms with Crippen LogP contribution in [0.5, 0.6) is 0 Å². The second kappa shape index (κ2) is 8.48. The maximum Gasteiger partial charge on any atom is 0.165 e. The molecule has 0 spiro atoms. The number of carbonyl (C=O) groups excluding carboxylic acids is 1. The zero-order valence-corrected chi connectivity index (χ0v) is 17.1. The molecule has 0 unspecified atom stereocenters. The van der Waals surface area contributed by atoms with Gasteiger partial charge in [0.2, 0.25) is 0 Å². The number of hydrogen-bond acceptors (Lipinski definition) is 4. The third-order valence-corrected chi connectivity index (χ3v) is 5.64. The summed E-state index contributed by atoms with van der Waals surface area (Å²) in [6, 6.07) is 22.2. The molecule has 152 valence electrons. The lowest BCUT2D eigenvalue weighted by Gasteiger charge is -2.11. The average molecular weight is 406 g/mol. The Bertz CT molecular complexity index is 1240. The van der Waals surface area contributed by atoms with Crippen LogP contribution < -0.4 is 0 Å². The fourth-order valence-corrected chi connectivity index (χ4v) is 4.07. The van der Waals surface area contributed by atoms with E-state index in [9.17, 15) is 4.79 Å². The Morgan fingerprint density at radius 3 is 2.61 bits per heavy atom. The predicted molar refractivity (Wildman–Crippen MR) is 120 cm³/mol. The predicted octanol–water partition coefficient (Wildman–Crippen LogP) is 4.53. The highest BCUT2D eigenvalue weighted by atomic mass is 16.1. The van der Waals surface area contributed by atoms with Gasteiger partial charge in [-0.2, -0.15) is 0 Å². The van der Waals surface area contributed by atoms with E-state index in [2.05, 4.69) is 37.9 Å². The summed E-state index contributed by atoms with van der Waals surface area (Å²) >= 11 is 0. The van der Waals surface area contributed by atoms with Crippen molar-refractivity contribution in [1.82, 2.24) is 19.7 Å². The van der Waals surface area contributed by atoms with Crippen molar-refractivity contribution in [1.29, 1.82) is 0 Å². The van der Waals surface area contributed by atoms with Crippen LogP contribution in [0.4, 0.5) is 0 Å². The zero-order valence-electron chi connectivity index (χ0n) is 17.1. The van der Waals surface area contributed by atoms with Crippen molar-refractivity contribution in [2.24, 2.45) is 0 Å². The Labute approximate surface area is 181 Å². The van der Waals surface area contributed by atoms with Crippen molar-refractivity contribution in [3.63, 3.8) is 0 Å². The molecule has 2 heterocycles. The molecule has 5 rings (SSSR count). The van der Waals surface area contributed by atoms with Crippen LogP contribution in [0.1, 0.15) is 28.9 Å². The monoisotopic (exact) mass is 406 g/mol. The Morgan fingerprint density at radius 1 is 0.935 bits per heavy atom. The van der Waals surface area contributed by atoms with Gasteiger partial charge in [0.15, 0.2) is 11.6 Å². The van der Waals surface area contributed by atoms with Crippen LogP contribution in [0, 0.1) is 0 Å². The van der Waals surface area contributed by atoms with Crippen molar-refractivity contribution in [2.75, 3.05) is 0 Å². The number of benzene rings is 2. The van der Waals surface area contributed by atoms with Crippen LogP contribution in [0.15, 0.2) is 85.2 Å². The minimum absolute atomic E-state index is 0.155. The van der Waals surface area contributed by atoms with E-state index in [1.54, 1.807) is 12.4 Å². The maximum absolute atomic E-state index is 13.0. The highest BCUT2D eigenvalue weighted by Crippen LogP contribution is 2.29. The number of fused-ring (bicyclic) bond motifs is 1. The van der Waals surface area contributed by atoms with Crippen molar-refractivity contribution in [2.45, 2.75) is 25.8 Å². The molecule has 0 N–H and O–H groups in total. The van der Waals surface area contributed by atoms with Crippen molar-refractivity contribution in [3.05, 3.63) is 108 Å². The lowest BCUT2D eigenvalue weighted by atomic mass is 10.00. The fraction of sp³-hybridized carbons (Fsp3) is 0.154. The summed E-state index contributed by atoms with van der Waals surface area (Å²) in [6.45, 7) is 0.646. The van der Waals surface area contributed by atoms with Crippen LogP contribution in [-0.2, 0) is 24.2 Å². The van der Waals surface area contributed by atoms with Crippen molar-refractivity contribution >= 4 is 11.4 Å². The lowest BCUT2D eigenvalue weighted by molar-refractivity contribution is -0.113. The molecular weight excluding hydrogens is 384 g/mol. The van der Waals surface area contributed by atoms with Crippen LogP contribution in [0.25, 0.3) is 17.0 Å². The molecule has 0 aliphatic heterocycles. The van der Waals surface area contributed by atoms with Crippen molar-refractivity contribution in [3.8, 4) is 11.4 Å². The van der Waals surface area contributed by atoms with E-state index in [4.69, 9.17) is 0 Å². The van der Waals surface area contributed by atoms with Gasteiger partial charge in [0.25, 0.3) is 0 Å². The van der Waals surface area contributed by atoms with Crippen LogP contribution in [-0.4, -0.2) is 25.5 Å². The minimum atomic E-state index is 0.155. The third kappa shape index (κ3) is 3.94. The largest absolute Gasteiger partial charge is 0.306 e. The molecule has 0 saturated carbocycles. The first-order valence-corrected chi connectivity index (χ1v) is 10.5. The Balaban J connectivity index is 1.40. The topological polar surface area (TPSA) is 60.7 Å². The van der Waals surface area contributed by atoms with E-state index in [1.807, 2.05) is 54.6 Å². The molecule has 1 aliphatic rings. The molecule has 1 aliphatic carbocycles. The zero-order chi connectivity index (χ0) is 21.0. The van der Waals surface area contributed by atoms with Gasteiger partial charge in [-0.3, -0.25) is 9.78 Å². The number of aromatic nitrogens is 4. The molecule has 4 aromatic rings. The lowest BCUT2D eigenvalue weighted by Crippen LogP contribution is -2.10. The smallest absolute Gasteiger partial charge is 0.165 e. The molecule has 0 bridgehead atoms. The highest BCUT2D eigenvalue weighted by Gasteiger charge is 2.21. The van der Waals surface area contributed by atoms with E-state index in [0.717, 1.165) is 40.3 Å². The van der Waals surface area contributed by atoms with Crippen LogP contribution in [0.3, 0.4) is 0 Å². The van der Waals surface area contributed by atoms with Gasteiger partial charge < -0.3 is 4.57 Å². The molecule has 2 aromatic heterocycles. The molecule has 2 aromatic carbocycles. The van der Waals surface area contributed by atoms with Gasteiger partial charge in [-0.1, -0.05) is 60.7 Å². The van der Waals surface area contributed by atoms with E-state index in [-0.39, 0.29) is 5.78 Å².